The Balaban J connectivity index is 1.86. The zero-order chi connectivity index (χ0) is 16.0. The average Bonchev–Trinajstić information content (AvgIpc) is 3.04. The van der Waals surface area contributed by atoms with Gasteiger partial charge < -0.3 is 5.32 Å². The Kier molecular flexibility index (Phi) is 3.15. The molecule has 0 radical (unpaired) electrons. The molecule has 116 valence electrons. The van der Waals surface area contributed by atoms with Gasteiger partial charge in [-0.3, -0.25) is 10.1 Å². The fraction of sp³-hybridized carbons (Fsp3) is 0.222. The lowest BCUT2D eigenvalue weighted by Gasteiger charge is -2.37. The molecule has 0 aromatic heterocycles. The number of allylic oxidation sites excluding steroid dienone is 2. The van der Waals surface area contributed by atoms with Crippen molar-refractivity contribution in [2.24, 2.45) is 5.92 Å². The van der Waals surface area contributed by atoms with Crippen LogP contribution in [0.4, 0.5) is 15.8 Å². The minimum Gasteiger partial charge on any atom is -0.375 e. The smallest absolute Gasteiger partial charge is 0.274 e. The predicted octanol–water partition coefficient (Wildman–Crippen LogP) is 4.56. The molecule has 2 aliphatic rings. The number of hydrogen-bond acceptors (Lipinski definition) is 3. The van der Waals surface area contributed by atoms with Crippen LogP contribution in [0.25, 0.3) is 0 Å². The summed E-state index contributed by atoms with van der Waals surface area (Å²) >= 11 is 0. The van der Waals surface area contributed by atoms with Gasteiger partial charge in [0.25, 0.3) is 5.69 Å². The number of hydrogen-bond donors (Lipinski definition) is 1. The normalized spacial score (nSPS) is 24.7. The second kappa shape index (κ2) is 5.19. The number of benzene rings is 2. The number of nitro groups is 1. The van der Waals surface area contributed by atoms with Crippen LogP contribution in [0.5, 0.6) is 0 Å². The van der Waals surface area contributed by atoms with Gasteiger partial charge in [-0.2, -0.15) is 0 Å². The molecule has 0 saturated carbocycles. The van der Waals surface area contributed by atoms with E-state index in [1.165, 1.54) is 12.1 Å². The molecule has 1 aliphatic heterocycles. The van der Waals surface area contributed by atoms with Gasteiger partial charge in [0.2, 0.25) is 0 Å². The maximum Gasteiger partial charge on any atom is 0.274 e. The van der Waals surface area contributed by atoms with Crippen molar-refractivity contribution < 1.29 is 9.31 Å². The van der Waals surface area contributed by atoms with E-state index < -0.39 is 0 Å². The number of para-hydroxylation sites is 2. The van der Waals surface area contributed by atoms with E-state index in [-0.39, 0.29) is 34.3 Å². The average molecular weight is 310 g/mol. The van der Waals surface area contributed by atoms with Crippen molar-refractivity contribution in [1.29, 1.82) is 0 Å². The highest BCUT2D eigenvalue weighted by Crippen LogP contribution is 2.51. The molecule has 2 aromatic carbocycles. The van der Waals surface area contributed by atoms with Gasteiger partial charge in [0.1, 0.15) is 5.82 Å². The largest absolute Gasteiger partial charge is 0.375 e. The Morgan fingerprint density at radius 3 is 2.74 bits per heavy atom. The van der Waals surface area contributed by atoms with Crippen molar-refractivity contribution in [2.45, 2.75) is 18.4 Å². The summed E-state index contributed by atoms with van der Waals surface area (Å²) in [5.41, 5.74) is 2.09. The van der Waals surface area contributed by atoms with E-state index in [2.05, 4.69) is 17.5 Å². The summed E-state index contributed by atoms with van der Waals surface area (Å²) in [6.45, 7) is 0. The van der Waals surface area contributed by atoms with Crippen molar-refractivity contribution >= 4 is 11.4 Å². The SMILES string of the molecule is O=[N+]([O-])c1ccccc1C1Nc2c(F)cccc2C2C=CCC21. The summed E-state index contributed by atoms with van der Waals surface area (Å²) in [6.07, 6.45) is 4.99. The van der Waals surface area contributed by atoms with Gasteiger partial charge in [-0.25, -0.2) is 4.39 Å². The van der Waals surface area contributed by atoms with Crippen molar-refractivity contribution in [1.82, 2.24) is 0 Å². The highest BCUT2D eigenvalue weighted by Gasteiger charge is 2.40. The number of nitro benzene ring substituents is 1. The molecule has 1 heterocycles. The quantitative estimate of drug-likeness (QED) is 0.502. The Morgan fingerprint density at radius 2 is 1.91 bits per heavy atom. The van der Waals surface area contributed by atoms with Crippen molar-refractivity contribution in [3.05, 3.63) is 81.7 Å². The van der Waals surface area contributed by atoms with Crippen molar-refractivity contribution in [2.75, 3.05) is 5.32 Å². The third-order valence-electron chi connectivity index (χ3n) is 4.81. The number of rotatable bonds is 2. The molecule has 0 fully saturated rings. The van der Waals surface area contributed by atoms with Gasteiger partial charge in [0.05, 0.1) is 22.2 Å². The highest BCUT2D eigenvalue weighted by molar-refractivity contribution is 5.62. The first-order valence-corrected chi connectivity index (χ1v) is 7.61. The van der Waals surface area contributed by atoms with E-state index in [4.69, 9.17) is 0 Å². The molecular formula is C18H15FN2O2. The molecular weight excluding hydrogens is 295 g/mol. The third kappa shape index (κ3) is 2.11. The van der Waals surface area contributed by atoms with Crippen LogP contribution in [-0.4, -0.2) is 4.92 Å². The lowest BCUT2D eigenvalue weighted by molar-refractivity contribution is -0.385. The highest BCUT2D eigenvalue weighted by atomic mass is 19.1. The van der Waals surface area contributed by atoms with Crippen LogP contribution in [-0.2, 0) is 0 Å². The minimum absolute atomic E-state index is 0.0791. The predicted molar refractivity (Wildman–Crippen MR) is 85.8 cm³/mol. The summed E-state index contributed by atoms with van der Waals surface area (Å²) in [5.74, 6) is -0.0676. The Bertz CT molecular complexity index is 818. The van der Waals surface area contributed by atoms with E-state index in [0.29, 0.717) is 11.3 Å². The zero-order valence-corrected chi connectivity index (χ0v) is 12.3. The van der Waals surface area contributed by atoms with E-state index in [0.717, 1.165) is 12.0 Å². The van der Waals surface area contributed by atoms with Crippen molar-refractivity contribution in [3.63, 3.8) is 0 Å². The van der Waals surface area contributed by atoms with Gasteiger partial charge >= 0.3 is 0 Å². The van der Waals surface area contributed by atoms with Crippen LogP contribution in [0, 0.1) is 21.8 Å². The number of fused-ring (bicyclic) bond motifs is 3. The van der Waals surface area contributed by atoms with Crippen LogP contribution in [0.15, 0.2) is 54.6 Å². The number of halogens is 1. The lowest BCUT2D eigenvalue weighted by Crippen LogP contribution is -2.30. The summed E-state index contributed by atoms with van der Waals surface area (Å²) in [7, 11) is 0. The standard InChI is InChI=1S/C18H15FN2O2/c19-15-9-4-8-13-11-6-3-7-12(11)17(20-18(13)15)14-5-1-2-10-16(14)21(22)23/h1-6,8-12,17,20H,7H2. The summed E-state index contributed by atoms with van der Waals surface area (Å²) in [5, 5.41) is 14.6. The van der Waals surface area contributed by atoms with Crippen LogP contribution < -0.4 is 5.32 Å². The van der Waals surface area contributed by atoms with Crippen molar-refractivity contribution in [3.8, 4) is 0 Å². The fourth-order valence-electron chi connectivity index (χ4n) is 3.81. The van der Waals surface area contributed by atoms with Gasteiger partial charge in [0.15, 0.2) is 0 Å². The fourth-order valence-corrected chi connectivity index (χ4v) is 3.81. The molecule has 0 bridgehead atoms. The zero-order valence-electron chi connectivity index (χ0n) is 12.3. The second-order valence-corrected chi connectivity index (χ2v) is 6.00. The van der Waals surface area contributed by atoms with Crippen LogP contribution >= 0.6 is 0 Å². The van der Waals surface area contributed by atoms with Crippen LogP contribution in [0.3, 0.4) is 0 Å². The number of nitrogens with one attached hydrogen (secondary N) is 1. The van der Waals surface area contributed by atoms with E-state index in [9.17, 15) is 14.5 Å². The number of anilines is 1. The Hall–Kier alpha value is -2.69. The molecule has 4 rings (SSSR count). The summed E-state index contributed by atoms with van der Waals surface area (Å²) < 4.78 is 14.3. The molecule has 5 heteroatoms. The molecule has 3 unspecified atom stereocenters. The van der Waals surface area contributed by atoms with E-state index in [1.54, 1.807) is 24.3 Å². The Labute approximate surface area is 132 Å². The molecule has 3 atom stereocenters. The minimum atomic E-state index is -0.370. The van der Waals surface area contributed by atoms with Crippen LogP contribution in [0.1, 0.15) is 29.5 Å². The first-order valence-electron chi connectivity index (χ1n) is 7.61. The first kappa shape index (κ1) is 13.9. The maximum atomic E-state index is 14.3. The summed E-state index contributed by atoms with van der Waals surface area (Å²) in [6, 6.07) is 11.5. The summed E-state index contributed by atoms with van der Waals surface area (Å²) in [4.78, 5) is 11.0. The molecule has 2 aromatic rings. The molecule has 0 spiro atoms. The topological polar surface area (TPSA) is 55.2 Å². The third-order valence-corrected chi connectivity index (χ3v) is 4.81. The van der Waals surface area contributed by atoms with E-state index in [1.807, 2.05) is 6.07 Å². The molecule has 0 saturated heterocycles. The van der Waals surface area contributed by atoms with Gasteiger partial charge in [0, 0.05) is 12.0 Å². The van der Waals surface area contributed by atoms with E-state index >= 15 is 0 Å². The molecule has 0 amide bonds. The Morgan fingerprint density at radius 1 is 1.13 bits per heavy atom. The number of nitrogens with zero attached hydrogens (tertiary/aromatic N) is 1. The lowest BCUT2D eigenvalue weighted by atomic mass is 9.76. The molecule has 4 nitrogen and oxygen atoms in total. The first-order chi connectivity index (χ1) is 11.2. The van der Waals surface area contributed by atoms with Crippen LogP contribution in [0.2, 0.25) is 0 Å². The molecule has 1 N–H and O–H groups in total. The molecule has 1 aliphatic carbocycles. The monoisotopic (exact) mass is 310 g/mol. The van der Waals surface area contributed by atoms with Gasteiger partial charge in [-0.1, -0.05) is 42.5 Å². The van der Waals surface area contributed by atoms with Gasteiger partial charge in [-0.05, 0) is 24.0 Å². The molecule has 23 heavy (non-hydrogen) atoms. The maximum absolute atomic E-state index is 14.3. The van der Waals surface area contributed by atoms with Gasteiger partial charge in [-0.15, -0.1) is 0 Å². The second-order valence-electron chi connectivity index (χ2n) is 6.00.